The first-order valence-corrected chi connectivity index (χ1v) is 5.38. The second-order valence-electron chi connectivity index (χ2n) is 4.06. The zero-order chi connectivity index (χ0) is 13.3. The van der Waals surface area contributed by atoms with Gasteiger partial charge in [-0.25, -0.2) is 8.78 Å². The van der Waals surface area contributed by atoms with Gasteiger partial charge in [0.15, 0.2) is 0 Å². The topological polar surface area (TPSA) is 64.1 Å². The zero-order valence-corrected chi connectivity index (χ0v) is 9.77. The summed E-state index contributed by atoms with van der Waals surface area (Å²) in [4.78, 5) is 0. The van der Waals surface area contributed by atoms with Crippen LogP contribution in [0.5, 0.6) is 0 Å². The van der Waals surface area contributed by atoms with E-state index in [1.54, 1.807) is 7.05 Å². The summed E-state index contributed by atoms with van der Waals surface area (Å²) < 4.78 is 27.8. The molecule has 0 aliphatic rings. The van der Waals surface area contributed by atoms with Crippen LogP contribution < -0.4 is 5.73 Å². The van der Waals surface area contributed by atoms with Crippen molar-refractivity contribution in [1.82, 2.24) is 9.78 Å². The number of hydrogen-bond donors (Lipinski definition) is 2. The number of aliphatic hydroxyl groups excluding tert-OH is 1. The summed E-state index contributed by atoms with van der Waals surface area (Å²) in [5, 5.41) is 13.8. The fourth-order valence-corrected chi connectivity index (χ4v) is 1.74. The third kappa shape index (κ3) is 2.33. The van der Waals surface area contributed by atoms with Gasteiger partial charge in [0.2, 0.25) is 0 Å². The molecule has 2 rings (SSSR count). The Balaban J connectivity index is 2.23. The number of nitrogens with two attached hydrogens (primary N) is 1. The van der Waals surface area contributed by atoms with E-state index in [2.05, 4.69) is 5.10 Å². The van der Waals surface area contributed by atoms with Crippen molar-refractivity contribution < 1.29 is 13.9 Å². The molecule has 1 atom stereocenters. The van der Waals surface area contributed by atoms with Crippen molar-refractivity contribution in [3.63, 3.8) is 0 Å². The largest absolute Gasteiger partial charge is 0.388 e. The third-order valence-corrected chi connectivity index (χ3v) is 2.79. The Morgan fingerprint density at radius 2 is 2.17 bits per heavy atom. The quantitative estimate of drug-likeness (QED) is 0.872. The number of anilines is 1. The lowest BCUT2D eigenvalue weighted by atomic mass is 10.0. The highest BCUT2D eigenvalue weighted by Gasteiger charge is 2.17. The van der Waals surface area contributed by atoms with Crippen LogP contribution in [0.2, 0.25) is 0 Å². The maximum atomic E-state index is 13.4. The Hall–Kier alpha value is -1.95. The summed E-state index contributed by atoms with van der Waals surface area (Å²) in [6.45, 7) is 0. The normalized spacial score (nSPS) is 12.7. The van der Waals surface area contributed by atoms with Crippen molar-refractivity contribution in [3.05, 3.63) is 47.2 Å². The van der Waals surface area contributed by atoms with Crippen molar-refractivity contribution in [2.75, 3.05) is 5.73 Å². The van der Waals surface area contributed by atoms with E-state index < -0.39 is 17.7 Å². The Labute approximate surface area is 103 Å². The van der Waals surface area contributed by atoms with Gasteiger partial charge in [0.25, 0.3) is 0 Å². The second-order valence-corrected chi connectivity index (χ2v) is 4.06. The van der Waals surface area contributed by atoms with Crippen LogP contribution in [0.15, 0.2) is 24.4 Å². The number of hydrogen-bond acceptors (Lipinski definition) is 3. The molecule has 4 nitrogen and oxygen atoms in total. The summed E-state index contributed by atoms with van der Waals surface area (Å²) in [5.41, 5.74) is 6.20. The highest BCUT2D eigenvalue weighted by molar-refractivity contribution is 5.40. The van der Waals surface area contributed by atoms with Gasteiger partial charge in [-0.05, 0) is 23.8 Å². The zero-order valence-electron chi connectivity index (χ0n) is 9.77. The molecule has 6 heteroatoms. The van der Waals surface area contributed by atoms with E-state index in [0.717, 1.165) is 18.2 Å². The molecule has 0 amide bonds. The Bertz CT molecular complexity index is 568. The molecule has 1 heterocycles. The van der Waals surface area contributed by atoms with Gasteiger partial charge in [0, 0.05) is 19.0 Å². The van der Waals surface area contributed by atoms with Gasteiger partial charge >= 0.3 is 0 Å². The molecule has 0 fully saturated rings. The number of nitrogens with zero attached hydrogens (tertiary/aromatic N) is 2. The molecule has 0 spiro atoms. The fraction of sp³-hybridized carbons (Fsp3) is 0.250. The van der Waals surface area contributed by atoms with Crippen molar-refractivity contribution in [2.24, 2.45) is 7.05 Å². The molecule has 96 valence electrons. The van der Waals surface area contributed by atoms with Crippen LogP contribution in [0.25, 0.3) is 0 Å². The standard InChI is InChI=1S/C12H13F2N3O/c1-17-12(15)9(6-16-17)11(18)5-7-4-8(13)2-3-10(7)14/h2-4,6,11,18H,5,15H2,1H3. The monoisotopic (exact) mass is 253 g/mol. The lowest BCUT2D eigenvalue weighted by molar-refractivity contribution is 0.177. The van der Waals surface area contributed by atoms with Crippen LogP contribution in [0, 0.1) is 11.6 Å². The average Bonchev–Trinajstić information content (AvgIpc) is 2.65. The lowest BCUT2D eigenvalue weighted by Gasteiger charge is -2.11. The number of nitrogen functional groups attached to an aromatic ring is 1. The Morgan fingerprint density at radius 1 is 1.44 bits per heavy atom. The number of aromatic nitrogens is 2. The van der Waals surface area contributed by atoms with E-state index in [1.165, 1.54) is 10.9 Å². The number of rotatable bonds is 3. The first-order valence-electron chi connectivity index (χ1n) is 5.38. The maximum Gasteiger partial charge on any atom is 0.127 e. The highest BCUT2D eigenvalue weighted by atomic mass is 19.1. The van der Waals surface area contributed by atoms with Crippen LogP contribution in [-0.4, -0.2) is 14.9 Å². The molecule has 0 saturated carbocycles. The van der Waals surface area contributed by atoms with E-state index >= 15 is 0 Å². The minimum Gasteiger partial charge on any atom is -0.388 e. The summed E-state index contributed by atoms with van der Waals surface area (Å²) >= 11 is 0. The molecule has 18 heavy (non-hydrogen) atoms. The summed E-state index contributed by atoms with van der Waals surface area (Å²) in [6.07, 6.45) is 0.339. The van der Waals surface area contributed by atoms with Crippen molar-refractivity contribution in [1.29, 1.82) is 0 Å². The molecule has 0 aliphatic heterocycles. The predicted molar refractivity (Wildman–Crippen MR) is 62.6 cm³/mol. The molecule has 0 saturated heterocycles. The molecule has 0 aliphatic carbocycles. The van der Waals surface area contributed by atoms with Gasteiger partial charge in [0.1, 0.15) is 17.5 Å². The number of aryl methyl sites for hydroxylation is 1. The minimum atomic E-state index is -1.02. The Kier molecular flexibility index (Phi) is 3.29. The van der Waals surface area contributed by atoms with E-state index in [9.17, 15) is 13.9 Å². The number of benzene rings is 1. The minimum absolute atomic E-state index is 0.0561. The molecule has 1 aromatic heterocycles. The van der Waals surface area contributed by atoms with Crippen LogP contribution in [0.4, 0.5) is 14.6 Å². The van der Waals surface area contributed by atoms with E-state index in [4.69, 9.17) is 5.73 Å². The second kappa shape index (κ2) is 4.73. The number of halogens is 2. The van der Waals surface area contributed by atoms with Gasteiger partial charge in [-0.1, -0.05) is 0 Å². The highest BCUT2D eigenvalue weighted by Crippen LogP contribution is 2.24. The van der Waals surface area contributed by atoms with Gasteiger partial charge < -0.3 is 10.8 Å². The molecule has 0 bridgehead atoms. The van der Waals surface area contributed by atoms with Crippen LogP contribution in [-0.2, 0) is 13.5 Å². The van der Waals surface area contributed by atoms with Crippen molar-refractivity contribution in [2.45, 2.75) is 12.5 Å². The molecule has 0 radical (unpaired) electrons. The molecule has 1 unspecified atom stereocenters. The van der Waals surface area contributed by atoms with Gasteiger partial charge in [-0.3, -0.25) is 4.68 Å². The summed E-state index contributed by atoms with van der Waals surface area (Å²) in [7, 11) is 1.63. The van der Waals surface area contributed by atoms with Gasteiger partial charge in [-0.2, -0.15) is 5.10 Å². The van der Waals surface area contributed by atoms with E-state index in [0.29, 0.717) is 11.4 Å². The molecule has 3 N–H and O–H groups in total. The molecule has 2 aromatic rings. The molecular formula is C12H13F2N3O. The van der Waals surface area contributed by atoms with Crippen LogP contribution in [0.3, 0.4) is 0 Å². The van der Waals surface area contributed by atoms with Crippen molar-refractivity contribution >= 4 is 5.82 Å². The van der Waals surface area contributed by atoms with Crippen molar-refractivity contribution in [3.8, 4) is 0 Å². The number of aliphatic hydroxyl groups is 1. The summed E-state index contributed by atoms with van der Waals surface area (Å²) in [6, 6.07) is 3.12. The molecule has 1 aromatic carbocycles. The first-order chi connectivity index (χ1) is 8.49. The lowest BCUT2D eigenvalue weighted by Crippen LogP contribution is -2.07. The first kappa shape index (κ1) is 12.5. The molecular weight excluding hydrogens is 240 g/mol. The smallest absolute Gasteiger partial charge is 0.127 e. The van der Waals surface area contributed by atoms with Gasteiger partial charge in [0.05, 0.1) is 12.3 Å². The van der Waals surface area contributed by atoms with Gasteiger partial charge in [-0.15, -0.1) is 0 Å². The van der Waals surface area contributed by atoms with Crippen LogP contribution in [0.1, 0.15) is 17.2 Å². The van der Waals surface area contributed by atoms with Crippen LogP contribution >= 0.6 is 0 Å². The predicted octanol–water partition coefficient (Wildman–Crippen LogP) is 1.56. The third-order valence-electron chi connectivity index (χ3n) is 2.79. The maximum absolute atomic E-state index is 13.4. The van der Waals surface area contributed by atoms with E-state index in [1.807, 2.05) is 0 Å². The summed E-state index contributed by atoms with van der Waals surface area (Å²) in [5.74, 6) is -0.796. The SMILES string of the molecule is Cn1ncc(C(O)Cc2cc(F)ccc2F)c1N. The van der Waals surface area contributed by atoms with E-state index in [-0.39, 0.29) is 12.0 Å². The fourth-order valence-electron chi connectivity index (χ4n) is 1.74. The average molecular weight is 253 g/mol. The Morgan fingerprint density at radius 3 is 2.78 bits per heavy atom.